The maximum absolute atomic E-state index is 12.8. The number of ether oxygens (including phenoxy) is 1. The van der Waals surface area contributed by atoms with Gasteiger partial charge in [0.25, 0.3) is 5.56 Å². The topological polar surface area (TPSA) is 61.2 Å². The number of hydrogen-bond acceptors (Lipinski definition) is 5. The first-order chi connectivity index (χ1) is 13.2. The minimum Gasteiger partial charge on any atom is -0.403 e. The Morgan fingerprint density at radius 2 is 1.63 bits per heavy atom. The van der Waals surface area contributed by atoms with Crippen LogP contribution in [0.15, 0.2) is 89.0 Å². The highest BCUT2D eigenvalue weighted by atomic mass is 32.1. The second-order valence-corrected chi connectivity index (χ2v) is 6.61. The summed E-state index contributed by atoms with van der Waals surface area (Å²) in [6, 6.07) is 23.2. The van der Waals surface area contributed by atoms with Crippen LogP contribution in [0.1, 0.15) is 9.67 Å². The molecule has 0 aliphatic rings. The zero-order chi connectivity index (χ0) is 18.6. The van der Waals surface area contributed by atoms with E-state index in [1.165, 1.54) is 22.0 Å². The van der Waals surface area contributed by atoms with Gasteiger partial charge in [-0.15, -0.1) is 11.3 Å². The van der Waals surface area contributed by atoms with Crippen molar-refractivity contribution in [3.8, 4) is 23.0 Å². The van der Waals surface area contributed by atoms with Gasteiger partial charge in [-0.3, -0.25) is 9.36 Å². The number of carbonyl (C=O) groups excluding carboxylic acids is 1. The maximum atomic E-state index is 12.8. The van der Waals surface area contributed by atoms with Crippen molar-refractivity contribution in [2.24, 2.45) is 0 Å². The summed E-state index contributed by atoms with van der Waals surface area (Å²) < 4.78 is 6.84. The lowest BCUT2D eigenvalue weighted by molar-refractivity contribution is 0.0732. The molecule has 0 saturated carbocycles. The van der Waals surface area contributed by atoms with Gasteiger partial charge in [-0.05, 0) is 23.6 Å². The molecule has 0 N–H and O–H groups in total. The molecule has 132 valence electrons. The van der Waals surface area contributed by atoms with E-state index in [1.54, 1.807) is 17.5 Å². The number of hydrogen-bond donors (Lipinski definition) is 0. The van der Waals surface area contributed by atoms with Crippen LogP contribution in [0.2, 0.25) is 0 Å². The van der Waals surface area contributed by atoms with Gasteiger partial charge < -0.3 is 4.74 Å². The third kappa shape index (κ3) is 3.56. The molecule has 0 fully saturated rings. The van der Waals surface area contributed by atoms with E-state index in [-0.39, 0.29) is 11.4 Å². The summed E-state index contributed by atoms with van der Waals surface area (Å²) in [7, 11) is 0. The van der Waals surface area contributed by atoms with Gasteiger partial charge in [-0.1, -0.05) is 54.6 Å². The predicted molar refractivity (Wildman–Crippen MR) is 105 cm³/mol. The third-order valence-electron chi connectivity index (χ3n) is 3.86. The van der Waals surface area contributed by atoms with Crippen LogP contribution in [-0.2, 0) is 0 Å². The molecule has 0 unspecified atom stereocenters. The fraction of sp³-hybridized carbons (Fsp3) is 0. The molecular weight excluding hydrogens is 360 g/mol. The molecule has 0 spiro atoms. The second-order valence-electron chi connectivity index (χ2n) is 5.66. The van der Waals surface area contributed by atoms with Crippen molar-refractivity contribution in [1.82, 2.24) is 9.55 Å². The van der Waals surface area contributed by atoms with E-state index < -0.39 is 5.97 Å². The summed E-state index contributed by atoms with van der Waals surface area (Å²) in [4.78, 5) is 30.0. The molecule has 0 radical (unpaired) electrons. The van der Waals surface area contributed by atoms with E-state index in [9.17, 15) is 9.59 Å². The molecule has 0 bridgehead atoms. The summed E-state index contributed by atoms with van der Waals surface area (Å²) in [5, 5.41) is 1.78. The van der Waals surface area contributed by atoms with Crippen LogP contribution in [-0.4, -0.2) is 15.5 Å². The van der Waals surface area contributed by atoms with E-state index in [0.717, 1.165) is 5.56 Å². The molecule has 6 heteroatoms. The van der Waals surface area contributed by atoms with E-state index >= 15 is 0 Å². The maximum Gasteiger partial charge on any atom is 0.355 e. The van der Waals surface area contributed by atoms with Gasteiger partial charge in [0.2, 0.25) is 5.88 Å². The van der Waals surface area contributed by atoms with Crippen LogP contribution in [0.25, 0.3) is 17.1 Å². The Morgan fingerprint density at radius 3 is 2.30 bits per heavy atom. The van der Waals surface area contributed by atoms with Gasteiger partial charge in [-0.2, -0.15) is 4.98 Å². The Morgan fingerprint density at radius 1 is 0.926 bits per heavy atom. The van der Waals surface area contributed by atoms with Crippen LogP contribution < -0.4 is 10.3 Å². The average molecular weight is 374 g/mol. The molecular formula is C21H14N2O3S. The highest BCUT2D eigenvalue weighted by molar-refractivity contribution is 7.12. The zero-order valence-electron chi connectivity index (χ0n) is 14.1. The van der Waals surface area contributed by atoms with Crippen LogP contribution in [0.3, 0.4) is 0 Å². The summed E-state index contributed by atoms with van der Waals surface area (Å²) in [5.41, 5.74) is 1.10. The van der Waals surface area contributed by atoms with E-state index in [4.69, 9.17) is 4.74 Å². The molecule has 0 amide bonds. The van der Waals surface area contributed by atoms with E-state index in [1.807, 2.05) is 60.7 Å². The van der Waals surface area contributed by atoms with Crippen LogP contribution in [0, 0.1) is 0 Å². The predicted octanol–water partition coefficient (Wildman–Crippen LogP) is 4.18. The largest absolute Gasteiger partial charge is 0.403 e. The molecule has 0 saturated heterocycles. The lowest BCUT2D eigenvalue weighted by Crippen LogP contribution is -2.22. The van der Waals surface area contributed by atoms with Gasteiger partial charge in [0, 0.05) is 5.56 Å². The molecule has 0 atom stereocenters. The molecule has 0 aliphatic carbocycles. The Labute approximate surface area is 159 Å². The summed E-state index contributed by atoms with van der Waals surface area (Å²) in [6.45, 7) is 0. The van der Waals surface area contributed by atoms with Gasteiger partial charge in [0.1, 0.15) is 4.88 Å². The van der Waals surface area contributed by atoms with Crippen molar-refractivity contribution in [3.05, 3.63) is 99.5 Å². The fourth-order valence-electron chi connectivity index (χ4n) is 2.66. The summed E-state index contributed by atoms with van der Waals surface area (Å²) in [6.07, 6.45) is 0. The number of para-hydroxylation sites is 1. The first kappa shape index (κ1) is 16.9. The van der Waals surface area contributed by atoms with Gasteiger partial charge >= 0.3 is 5.97 Å². The first-order valence-corrected chi connectivity index (χ1v) is 9.11. The van der Waals surface area contributed by atoms with Crippen molar-refractivity contribution in [3.63, 3.8) is 0 Å². The Kier molecular flexibility index (Phi) is 4.63. The van der Waals surface area contributed by atoms with Crippen molar-refractivity contribution in [1.29, 1.82) is 0 Å². The highest BCUT2D eigenvalue weighted by Gasteiger charge is 2.16. The SMILES string of the molecule is O=C(Oc1cc(=O)n(-c2ccccc2)c(-c2ccccc2)n1)c1cccs1. The molecule has 27 heavy (non-hydrogen) atoms. The number of esters is 1. The molecule has 0 aliphatic heterocycles. The van der Waals surface area contributed by atoms with Gasteiger partial charge in [0.05, 0.1) is 11.8 Å². The summed E-state index contributed by atoms with van der Waals surface area (Å²) in [5.74, 6) is -0.152. The number of thiophene rings is 1. The molecule has 4 rings (SSSR count). The van der Waals surface area contributed by atoms with Crippen molar-refractivity contribution < 1.29 is 9.53 Å². The summed E-state index contributed by atoms with van der Waals surface area (Å²) >= 11 is 1.27. The Bertz CT molecular complexity index is 1120. The molecule has 2 aromatic carbocycles. The van der Waals surface area contributed by atoms with E-state index in [2.05, 4.69) is 4.98 Å². The molecule has 2 heterocycles. The zero-order valence-corrected chi connectivity index (χ0v) is 14.9. The number of carbonyl (C=O) groups is 1. The van der Waals surface area contributed by atoms with Crippen molar-refractivity contribution in [2.75, 3.05) is 0 Å². The number of aromatic nitrogens is 2. The van der Waals surface area contributed by atoms with E-state index in [0.29, 0.717) is 16.4 Å². The third-order valence-corrected chi connectivity index (χ3v) is 4.71. The Hall–Kier alpha value is -3.51. The fourth-order valence-corrected chi connectivity index (χ4v) is 3.26. The van der Waals surface area contributed by atoms with Crippen LogP contribution >= 0.6 is 11.3 Å². The monoisotopic (exact) mass is 374 g/mol. The molecule has 5 nitrogen and oxygen atoms in total. The molecule has 4 aromatic rings. The lowest BCUT2D eigenvalue weighted by atomic mass is 10.2. The second kappa shape index (κ2) is 7.39. The van der Waals surface area contributed by atoms with Gasteiger partial charge in [-0.25, -0.2) is 4.79 Å². The normalized spacial score (nSPS) is 10.5. The van der Waals surface area contributed by atoms with Crippen LogP contribution in [0.4, 0.5) is 0 Å². The smallest absolute Gasteiger partial charge is 0.355 e. The number of nitrogens with zero attached hydrogens (tertiary/aromatic N) is 2. The number of rotatable bonds is 4. The molecule has 2 aromatic heterocycles. The quantitative estimate of drug-likeness (QED) is 0.503. The number of benzene rings is 2. The van der Waals surface area contributed by atoms with Crippen molar-refractivity contribution in [2.45, 2.75) is 0 Å². The lowest BCUT2D eigenvalue weighted by Gasteiger charge is -2.13. The minimum absolute atomic E-state index is 0.0237. The van der Waals surface area contributed by atoms with Crippen LogP contribution in [0.5, 0.6) is 5.88 Å². The Balaban J connectivity index is 1.84. The standard InChI is InChI=1S/C21H14N2O3S/c24-19-14-18(26-21(25)17-12-7-13-27-17)22-20(15-8-3-1-4-9-15)23(19)16-10-5-2-6-11-16/h1-14H. The first-order valence-electron chi connectivity index (χ1n) is 8.23. The average Bonchev–Trinajstić information content (AvgIpc) is 3.24. The highest BCUT2D eigenvalue weighted by Crippen LogP contribution is 2.22. The minimum atomic E-state index is -0.534. The van der Waals surface area contributed by atoms with Crippen molar-refractivity contribution >= 4 is 17.3 Å². The van der Waals surface area contributed by atoms with Gasteiger partial charge in [0.15, 0.2) is 5.82 Å².